The van der Waals surface area contributed by atoms with Gasteiger partial charge in [-0.25, -0.2) is 4.68 Å². The Hall–Kier alpha value is -4.83. The minimum absolute atomic E-state index is 0.0380. The van der Waals surface area contributed by atoms with Crippen molar-refractivity contribution in [2.24, 2.45) is 0 Å². The van der Waals surface area contributed by atoms with E-state index in [9.17, 15) is 10.1 Å². The third-order valence-corrected chi connectivity index (χ3v) is 5.71. The van der Waals surface area contributed by atoms with E-state index in [1.807, 2.05) is 72.8 Å². The van der Waals surface area contributed by atoms with E-state index < -0.39 is 5.91 Å². The van der Waals surface area contributed by atoms with Crippen molar-refractivity contribution in [1.29, 1.82) is 5.26 Å². The van der Waals surface area contributed by atoms with Gasteiger partial charge in [-0.1, -0.05) is 37.3 Å². The first-order valence-corrected chi connectivity index (χ1v) is 11.5. The fraction of sp³-hybridized carbons (Fsp3) is 0.138. The van der Waals surface area contributed by atoms with Crippen LogP contribution in [0.4, 0.5) is 5.69 Å². The van der Waals surface area contributed by atoms with Gasteiger partial charge in [-0.05, 0) is 60.5 Å². The molecule has 0 saturated carbocycles. The predicted octanol–water partition coefficient (Wildman–Crippen LogP) is 5.66. The van der Waals surface area contributed by atoms with Gasteiger partial charge in [0.15, 0.2) is 11.5 Å². The number of carbonyl (C=O) groups excluding carboxylic acids is 1. The summed E-state index contributed by atoms with van der Waals surface area (Å²) in [4.78, 5) is 12.9. The topological polar surface area (TPSA) is 89.2 Å². The number of anilines is 1. The molecule has 0 aliphatic carbocycles. The zero-order valence-corrected chi connectivity index (χ0v) is 20.4. The number of aryl methyl sites for hydroxylation is 1. The second kappa shape index (κ2) is 11.1. The number of nitrogens with one attached hydrogen (secondary N) is 1. The predicted molar refractivity (Wildman–Crippen MR) is 140 cm³/mol. The number of methoxy groups -OCH3 is 2. The smallest absolute Gasteiger partial charge is 0.266 e. The maximum atomic E-state index is 12.9. The number of hydrogen-bond donors (Lipinski definition) is 1. The summed E-state index contributed by atoms with van der Waals surface area (Å²) in [6.45, 7) is 2.07. The quantitative estimate of drug-likeness (QED) is 0.261. The molecular weight excluding hydrogens is 452 g/mol. The van der Waals surface area contributed by atoms with Crippen LogP contribution in [0.5, 0.6) is 11.5 Å². The summed E-state index contributed by atoms with van der Waals surface area (Å²) in [5, 5.41) is 17.4. The minimum atomic E-state index is -0.493. The molecule has 0 saturated heterocycles. The van der Waals surface area contributed by atoms with Crippen molar-refractivity contribution in [3.63, 3.8) is 0 Å². The Morgan fingerprint density at radius 2 is 1.75 bits per heavy atom. The molecule has 7 heteroatoms. The Bertz CT molecular complexity index is 1430. The number of nitriles is 1. The van der Waals surface area contributed by atoms with Gasteiger partial charge in [0.05, 0.1) is 19.9 Å². The summed E-state index contributed by atoms with van der Waals surface area (Å²) in [6.07, 6.45) is 4.25. The van der Waals surface area contributed by atoms with Gasteiger partial charge in [0.25, 0.3) is 5.91 Å². The zero-order chi connectivity index (χ0) is 25.5. The molecule has 1 N–H and O–H groups in total. The van der Waals surface area contributed by atoms with Crippen molar-refractivity contribution in [2.75, 3.05) is 19.5 Å². The van der Waals surface area contributed by atoms with Crippen molar-refractivity contribution < 1.29 is 14.3 Å². The molecule has 36 heavy (non-hydrogen) atoms. The number of hydrogen-bond acceptors (Lipinski definition) is 5. The van der Waals surface area contributed by atoms with E-state index in [2.05, 4.69) is 12.2 Å². The molecule has 0 spiro atoms. The molecule has 0 fully saturated rings. The SMILES string of the molecule is CCc1ccc(NC(=O)/C(C#N)=C/c2cn(-c3ccccc3)nc2-c2ccc(OC)c(OC)c2)cc1. The fourth-order valence-electron chi connectivity index (χ4n) is 3.74. The van der Waals surface area contributed by atoms with E-state index in [1.165, 1.54) is 0 Å². The van der Waals surface area contributed by atoms with Crippen molar-refractivity contribution in [3.8, 4) is 34.5 Å². The summed E-state index contributed by atoms with van der Waals surface area (Å²) in [5.74, 6) is 0.646. The Kier molecular flexibility index (Phi) is 7.47. The molecule has 4 rings (SSSR count). The van der Waals surface area contributed by atoms with Crippen LogP contribution in [0.15, 0.2) is 84.6 Å². The van der Waals surface area contributed by atoms with Crippen molar-refractivity contribution in [3.05, 3.63) is 95.7 Å². The molecular formula is C29H26N4O3. The van der Waals surface area contributed by atoms with Crippen molar-refractivity contribution >= 4 is 17.7 Å². The number of aromatic nitrogens is 2. The first-order valence-electron chi connectivity index (χ1n) is 11.5. The highest BCUT2D eigenvalue weighted by atomic mass is 16.5. The number of para-hydroxylation sites is 1. The van der Waals surface area contributed by atoms with Gasteiger partial charge in [0.1, 0.15) is 17.3 Å². The van der Waals surface area contributed by atoms with Crippen LogP contribution in [0.3, 0.4) is 0 Å². The summed E-state index contributed by atoms with van der Waals surface area (Å²) in [7, 11) is 3.14. The van der Waals surface area contributed by atoms with Crippen LogP contribution >= 0.6 is 0 Å². The Morgan fingerprint density at radius 1 is 1.03 bits per heavy atom. The molecule has 0 radical (unpaired) electrons. The van der Waals surface area contributed by atoms with E-state index in [0.29, 0.717) is 28.4 Å². The third-order valence-electron chi connectivity index (χ3n) is 5.71. The van der Waals surface area contributed by atoms with Gasteiger partial charge < -0.3 is 14.8 Å². The summed E-state index contributed by atoms with van der Waals surface area (Å²) in [5.41, 5.74) is 4.55. The average Bonchev–Trinajstić information content (AvgIpc) is 3.36. The molecule has 1 aromatic heterocycles. The summed E-state index contributed by atoms with van der Waals surface area (Å²) in [6, 6.07) is 24.7. The normalized spacial score (nSPS) is 11.0. The van der Waals surface area contributed by atoms with Gasteiger partial charge in [0, 0.05) is 23.0 Å². The number of rotatable bonds is 8. The Morgan fingerprint density at radius 3 is 2.39 bits per heavy atom. The van der Waals surface area contributed by atoms with Crippen LogP contribution in [-0.2, 0) is 11.2 Å². The molecule has 1 heterocycles. The standard InChI is InChI=1S/C29H26N4O3/c1-4-20-10-13-24(14-11-20)31-29(34)22(18-30)16-23-19-33(25-8-6-5-7-9-25)32-28(23)21-12-15-26(35-2)27(17-21)36-3/h5-17,19H,4H2,1-3H3,(H,31,34)/b22-16+. The number of benzene rings is 3. The molecule has 0 bridgehead atoms. The molecule has 0 aliphatic heterocycles. The van der Waals surface area contributed by atoms with E-state index in [0.717, 1.165) is 23.2 Å². The van der Waals surface area contributed by atoms with Crippen molar-refractivity contribution in [2.45, 2.75) is 13.3 Å². The number of amides is 1. The molecule has 0 atom stereocenters. The summed E-state index contributed by atoms with van der Waals surface area (Å²) < 4.78 is 12.5. The highest BCUT2D eigenvalue weighted by Gasteiger charge is 2.17. The lowest BCUT2D eigenvalue weighted by molar-refractivity contribution is -0.112. The third kappa shape index (κ3) is 5.29. The Labute approximate surface area is 210 Å². The maximum Gasteiger partial charge on any atom is 0.266 e. The fourth-order valence-corrected chi connectivity index (χ4v) is 3.74. The highest BCUT2D eigenvalue weighted by molar-refractivity contribution is 6.10. The molecule has 7 nitrogen and oxygen atoms in total. The number of carbonyl (C=O) groups is 1. The molecule has 0 unspecified atom stereocenters. The second-order valence-electron chi connectivity index (χ2n) is 7.96. The summed E-state index contributed by atoms with van der Waals surface area (Å²) >= 11 is 0. The number of nitrogens with zero attached hydrogens (tertiary/aromatic N) is 3. The minimum Gasteiger partial charge on any atom is -0.493 e. The molecule has 180 valence electrons. The van der Waals surface area contributed by atoms with Gasteiger partial charge >= 0.3 is 0 Å². The van der Waals surface area contributed by atoms with E-state index in [-0.39, 0.29) is 5.57 Å². The van der Waals surface area contributed by atoms with E-state index in [1.54, 1.807) is 37.2 Å². The zero-order valence-electron chi connectivity index (χ0n) is 20.4. The molecule has 0 aliphatic rings. The monoisotopic (exact) mass is 478 g/mol. The van der Waals surface area contributed by atoms with Crippen LogP contribution < -0.4 is 14.8 Å². The lowest BCUT2D eigenvalue weighted by Crippen LogP contribution is -2.13. The maximum absolute atomic E-state index is 12.9. The largest absolute Gasteiger partial charge is 0.493 e. The lowest BCUT2D eigenvalue weighted by Gasteiger charge is -2.09. The lowest BCUT2D eigenvalue weighted by atomic mass is 10.0. The first-order chi connectivity index (χ1) is 17.6. The van der Waals surface area contributed by atoms with E-state index >= 15 is 0 Å². The number of ether oxygens (including phenoxy) is 2. The molecule has 3 aromatic carbocycles. The first kappa shape index (κ1) is 24.3. The average molecular weight is 479 g/mol. The molecule has 4 aromatic rings. The van der Waals surface area contributed by atoms with Gasteiger partial charge in [-0.15, -0.1) is 0 Å². The van der Waals surface area contributed by atoms with Gasteiger partial charge in [-0.2, -0.15) is 10.4 Å². The van der Waals surface area contributed by atoms with Gasteiger partial charge in [0.2, 0.25) is 0 Å². The Balaban J connectivity index is 1.76. The second-order valence-corrected chi connectivity index (χ2v) is 7.96. The highest BCUT2D eigenvalue weighted by Crippen LogP contribution is 2.34. The van der Waals surface area contributed by atoms with Crippen LogP contribution in [0, 0.1) is 11.3 Å². The molecule has 1 amide bonds. The van der Waals surface area contributed by atoms with Crippen LogP contribution in [-0.4, -0.2) is 29.9 Å². The van der Waals surface area contributed by atoms with Crippen LogP contribution in [0.1, 0.15) is 18.1 Å². The van der Waals surface area contributed by atoms with Crippen LogP contribution in [0.2, 0.25) is 0 Å². The van der Waals surface area contributed by atoms with E-state index in [4.69, 9.17) is 14.6 Å². The van der Waals surface area contributed by atoms with Crippen LogP contribution in [0.25, 0.3) is 23.0 Å². The van der Waals surface area contributed by atoms with Crippen molar-refractivity contribution in [1.82, 2.24) is 9.78 Å². The van der Waals surface area contributed by atoms with Gasteiger partial charge in [-0.3, -0.25) is 4.79 Å².